The van der Waals surface area contributed by atoms with Gasteiger partial charge >= 0.3 is 0 Å². The Kier molecular flexibility index (Phi) is 6.81. The number of fused-ring (bicyclic) bond motifs is 1. The molecule has 1 aromatic heterocycles. The summed E-state index contributed by atoms with van der Waals surface area (Å²) in [5, 5.41) is 6.74. The number of aromatic nitrogens is 2. The Labute approximate surface area is 177 Å². The number of aliphatic imine (C=N–C) groups is 1. The molecule has 3 heterocycles. The van der Waals surface area contributed by atoms with Crippen LogP contribution in [-0.4, -0.2) is 73.9 Å². The second-order valence-corrected chi connectivity index (χ2v) is 7.27. The van der Waals surface area contributed by atoms with Gasteiger partial charge in [-0.2, -0.15) is 0 Å². The fourth-order valence-electron chi connectivity index (χ4n) is 3.59. The molecule has 2 aliphatic heterocycles. The van der Waals surface area contributed by atoms with Crippen molar-refractivity contribution in [2.24, 2.45) is 4.99 Å². The van der Waals surface area contributed by atoms with Gasteiger partial charge in [0.25, 0.3) is 0 Å². The molecule has 0 radical (unpaired) electrons. The van der Waals surface area contributed by atoms with Gasteiger partial charge in [0.1, 0.15) is 0 Å². The second kappa shape index (κ2) is 10.1. The average Bonchev–Trinajstić information content (AvgIpc) is 3.27. The molecule has 9 heteroatoms. The number of rotatable bonds is 7. The third kappa shape index (κ3) is 5.29. The molecular formula is C21H29N7O2. The minimum Gasteiger partial charge on any atom is -0.454 e. The van der Waals surface area contributed by atoms with E-state index in [0.717, 1.165) is 74.7 Å². The molecule has 1 fully saturated rings. The number of hydrogen-bond acceptors (Lipinski definition) is 7. The normalized spacial score (nSPS) is 16.6. The quantitative estimate of drug-likeness (QED) is 0.398. The molecule has 0 saturated carbocycles. The molecule has 0 bridgehead atoms. The molecule has 0 aliphatic carbocycles. The highest BCUT2D eigenvalue weighted by Gasteiger charge is 2.18. The third-order valence-electron chi connectivity index (χ3n) is 5.27. The first-order valence-corrected chi connectivity index (χ1v) is 10.4. The number of nitrogens with zero attached hydrogens (tertiary/aromatic N) is 5. The summed E-state index contributed by atoms with van der Waals surface area (Å²) in [6.07, 6.45) is 4.66. The summed E-state index contributed by atoms with van der Waals surface area (Å²) in [6.45, 7) is 6.93. The molecule has 0 amide bonds. The summed E-state index contributed by atoms with van der Waals surface area (Å²) >= 11 is 0. The largest absolute Gasteiger partial charge is 0.454 e. The average molecular weight is 412 g/mol. The molecule has 2 aromatic rings. The molecule has 2 aliphatic rings. The maximum Gasteiger partial charge on any atom is 0.231 e. The molecule has 0 unspecified atom stereocenters. The van der Waals surface area contributed by atoms with Gasteiger partial charge in [0.2, 0.25) is 12.7 Å². The first-order chi connectivity index (χ1) is 14.8. The van der Waals surface area contributed by atoms with Crippen LogP contribution in [0.3, 0.4) is 0 Å². The minimum absolute atomic E-state index is 0.296. The van der Waals surface area contributed by atoms with Crippen molar-refractivity contribution in [3.05, 3.63) is 42.2 Å². The summed E-state index contributed by atoms with van der Waals surface area (Å²) in [7, 11) is 1.79. The van der Waals surface area contributed by atoms with E-state index in [9.17, 15) is 0 Å². The predicted octanol–water partition coefficient (Wildman–Crippen LogP) is 1.08. The molecule has 9 nitrogen and oxygen atoms in total. The Morgan fingerprint density at radius 3 is 2.67 bits per heavy atom. The Balaban J connectivity index is 1.12. The molecule has 4 rings (SSSR count). The molecule has 30 heavy (non-hydrogen) atoms. The standard InChI is InChI=1S/C21H29N7O2/c1-22-20(26-15-17-4-5-18-19(14-17)30-16-29-18)23-8-3-9-27-10-12-28(13-11-27)21-24-6-2-7-25-21/h2,4-7,14H,3,8-13,15-16H2,1H3,(H2,22,23,26). The highest BCUT2D eigenvalue weighted by molar-refractivity contribution is 5.79. The van der Waals surface area contributed by atoms with Crippen LogP contribution in [0.25, 0.3) is 0 Å². The Morgan fingerprint density at radius 1 is 1.07 bits per heavy atom. The van der Waals surface area contributed by atoms with Crippen molar-refractivity contribution in [2.45, 2.75) is 13.0 Å². The van der Waals surface area contributed by atoms with E-state index in [1.807, 2.05) is 24.3 Å². The van der Waals surface area contributed by atoms with Gasteiger partial charge in [0.15, 0.2) is 17.5 Å². The van der Waals surface area contributed by atoms with Gasteiger partial charge in [0, 0.05) is 58.7 Å². The van der Waals surface area contributed by atoms with Crippen LogP contribution >= 0.6 is 0 Å². The van der Waals surface area contributed by atoms with E-state index < -0.39 is 0 Å². The molecule has 160 valence electrons. The number of ether oxygens (including phenoxy) is 2. The minimum atomic E-state index is 0.296. The number of guanidine groups is 1. The Hall–Kier alpha value is -3.07. The smallest absolute Gasteiger partial charge is 0.231 e. The van der Waals surface area contributed by atoms with Crippen LogP contribution in [0.2, 0.25) is 0 Å². The Bertz CT molecular complexity index is 839. The highest BCUT2D eigenvalue weighted by Crippen LogP contribution is 2.32. The molecule has 0 atom stereocenters. The van der Waals surface area contributed by atoms with E-state index in [2.05, 4.69) is 35.4 Å². The zero-order valence-corrected chi connectivity index (χ0v) is 17.4. The third-order valence-corrected chi connectivity index (χ3v) is 5.27. The van der Waals surface area contributed by atoms with Crippen LogP contribution in [0.4, 0.5) is 5.95 Å². The van der Waals surface area contributed by atoms with E-state index in [1.165, 1.54) is 0 Å². The summed E-state index contributed by atoms with van der Waals surface area (Å²) in [5.41, 5.74) is 1.13. The van der Waals surface area contributed by atoms with Crippen molar-refractivity contribution >= 4 is 11.9 Å². The summed E-state index contributed by atoms with van der Waals surface area (Å²) in [4.78, 5) is 17.7. The van der Waals surface area contributed by atoms with Crippen molar-refractivity contribution in [3.63, 3.8) is 0 Å². The molecule has 2 N–H and O–H groups in total. The van der Waals surface area contributed by atoms with Gasteiger partial charge in [-0.15, -0.1) is 0 Å². The first kappa shape index (κ1) is 20.2. The van der Waals surface area contributed by atoms with E-state index in [4.69, 9.17) is 9.47 Å². The van der Waals surface area contributed by atoms with Crippen molar-refractivity contribution in [2.75, 3.05) is 58.0 Å². The van der Waals surface area contributed by atoms with Crippen LogP contribution < -0.4 is 25.0 Å². The molecule has 1 saturated heterocycles. The fraction of sp³-hybridized carbons (Fsp3) is 0.476. The fourth-order valence-corrected chi connectivity index (χ4v) is 3.59. The lowest BCUT2D eigenvalue weighted by molar-refractivity contribution is 0.174. The van der Waals surface area contributed by atoms with Gasteiger partial charge < -0.3 is 25.0 Å². The first-order valence-electron chi connectivity index (χ1n) is 10.4. The summed E-state index contributed by atoms with van der Waals surface area (Å²) < 4.78 is 10.8. The second-order valence-electron chi connectivity index (χ2n) is 7.27. The maximum atomic E-state index is 5.43. The SMILES string of the molecule is CN=C(NCCCN1CCN(c2ncccn2)CC1)NCc1ccc2c(c1)OCO2. The van der Waals surface area contributed by atoms with E-state index in [0.29, 0.717) is 13.3 Å². The number of anilines is 1. The molecular weight excluding hydrogens is 382 g/mol. The van der Waals surface area contributed by atoms with Crippen LogP contribution in [0.15, 0.2) is 41.7 Å². The van der Waals surface area contributed by atoms with E-state index in [-0.39, 0.29) is 0 Å². The topological polar surface area (TPSA) is 87.1 Å². The van der Waals surface area contributed by atoms with Gasteiger partial charge in [-0.1, -0.05) is 6.07 Å². The predicted molar refractivity (Wildman–Crippen MR) is 116 cm³/mol. The van der Waals surface area contributed by atoms with Crippen molar-refractivity contribution < 1.29 is 9.47 Å². The number of nitrogens with one attached hydrogen (secondary N) is 2. The summed E-state index contributed by atoms with van der Waals surface area (Å²) in [5.74, 6) is 3.24. The molecule has 0 spiro atoms. The van der Waals surface area contributed by atoms with Crippen LogP contribution in [0.1, 0.15) is 12.0 Å². The van der Waals surface area contributed by atoms with Crippen molar-refractivity contribution in [1.29, 1.82) is 0 Å². The van der Waals surface area contributed by atoms with Crippen LogP contribution in [0.5, 0.6) is 11.5 Å². The van der Waals surface area contributed by atoms with Gasteiger partial charge in [0.05, 0.1) is 0 Å². The lowest BCUT2D eigenvalue weighted by Gasteiger charge is -2.34. The van der Waals surface area contributed by atoms with E-state index in [1.54, 1.807) is 19.4 Å². The lowest BCUT2D eigenvalue weighted by Crippen LogP contribution is -2.47. The van der Waals surface area contributed by atoms with Crippen LogP contribution in [0, 0.1) is 0 Å². The highest BCUT2D eigenvalue weighted by atomic mass is 16.7. The van der Waals surface area contributed by atoms with Crippen molar-refractivity contribution in [3.8, 4) is 11.5 Å². The van der Waals surface area contributed by atoms with Gasteiger partial charge in [-0.05, 0) is 36.7 Å². The van der Waals surface area contributed by atoms with Gasteiger partial charge in [-0.25, -0.2) is 9.97 Å². The lowest BCUT2D eigenvalue weighted by atomic mass is 10.2. The Morgan fingerprint density at radius 2 is 1.87 bits per heavy atom. The monoisotopic (exact) mass is 411 g/mol. The van der Waals surface area contributed by atoms with Crippen LogP contribution in [-0.2, 0) is 6.54 Å². The van der Waals surface area contributed by atoms with Crippen molar-refractivity contribution in [1.82, 2.24) is 25.5 Å². The number of hydrogen-bond donors (Lipinski definition) is 2. The zero-order chi connectivity index (χ0) is 20.6. The number of benzene rings is 1. The maximum absolute atomic E-state index is 5.43. The zero-order valence-electron chi connectivity index (χ0n) is 17.4. The summed E-state index contributed by atoms with van der Waals surface area (Å²) in [6, 6.07) is 7.83. The molecule has 1 aromatic carbocycles. The number of piperazine rings is 1. The van der Waals surface area contributed by atoms with Gasteiger partial charge in [-0.3, -0.25) is 9.89 Å². The van der Waals surface area contributed by atoms with E-state index >= 15 is 0 Å².